The Morgan fingerprint density at radius 3 is 2.74 bits per heavy atom. The van der Waals surface area contributed by atoms with Gasteiger partial charge in [-0.1, -0.05) is 28.1 Å². The Morgan fingerprint density at radius 2 is 1.96 bits per heavy atom. The lowest BCUT2D eigenvalue weighted by Gasteiger charge is -2.32. The molecule has 0 saturated carbocycles. The molecule has 0 spiro atoms. The van der Waals surface area contributed by atoms with Gasteiger partial charge < -0.3 is 10.6 Å². The van der Waals surface area contributed by atoms with Crippen molar-refractivity contribution >= 4 is 45.0 Å². The first-order valence-corrected chi connectivity index (χ1v) is 8.65. The molecule has 1 amide bonds. The summed E-state index contributed by atoms with van der Waals surface area (Å²) in [7, 11) is 0. The minimum Gasteiger partial charge on any atom is -0.338 e. The summed E-state index contributed by atoms with van der Waals surface area (Å²) in [6.07, 6.45) is 3.28. The van der Waals surface area contributed by atoms with Crippen LogP contribution in [0.4, 0.5) is 0 Å². The number of carbonyl (C=O) groups excluding carboxylic acids is 1. The third-order valence-electron chi connectivity index (χ3n) is 4.43. The standard InChI is InChI=1S/C18H21BrN2O.ClH/c19-17-6-5-14-10-16(4-3-15(14)11-17)18(22)21-9-1-2-13(12-21)7-8-20;/h3-6,10-11,13H,1-2,7-9,12,20H2;1H. The smallest absolute Gasteiger partial charge is 0.253 e. The molecule has 1 heterocycles. The van der Waals surface area contributed by atoms with Gasteiger partial charge in [0.05, 0.1) is 0 Å². The van der Waals surface area contributed by atoms with Crippen LogP contribution in [0.3, 0.4) is 0 Å². The number of hydrogen-bond acceptors (Lipinski definition) is 2. The Kier molecular flexibility index (Phi) is 6.45. The van der Waals surface area contributed by atoms with Gasteiger partial charge >= 0.3 is 0 Å². The van der Waals surface area contributed by atoms with E-state index >= 15 is 0 Å². The van der Waals surface area contributed by atoms with Gasteiger partial charge in [-0.2, -0.15) is 0 Å². The third-order valence-corrected chi connectivity index (χ3v) is 4.92. The van der Waals surface area contributed by atoms with Gasteiger partial charge in [0.25, 0.3) is 5.91 Å². The summed E-state index contributed by atoms with van der Waals surface area (Å²) in [6, 6.07) is 12.1. The molecule has 124 valence electrons. The fraction of sp³-hybridized carbons (Fsp3) is 0.389. The van der Waals surface area contributed by atoms with Crippen molar-refractivity contribution in [3.63, 3.8) is 0 Å². The normalized spacial score (nSPS) is 17.8. The first-order valence-electron chi connectivity index (χ1n) is 7.86. The van der Waals surface area contributed by atoms with E-state index in [1.54, 1.807) is 0 Å². The van der Waals surface area contributed by atoms with Crippen LogP contribution in [-0.2, 0) is 0 Å². The number of benzene rings is 2. The number of fused-ring (bicyclic) bond motifs is 1. The van der Waals surface area contributed by atoms with Crippen molar-refractivity contribution in [2.45, 2.75) is 19.3 Å². The molecule has 2 aromatic carbocycles. The summed E-state index contributed by atoms with van der Waals surface area (Å²) in [6.45, 7) is 2.41. The summed E-state index contributed by atoms with van der Waals surface area (Å²) in [5.74, 6) is 0.700. The quantitative estimate of drug-likeness (QED) is 0.842. The van der Waals surface area contributed by atoms with Crippen LogP contribution < -0.4 is 5.73 Å². The van der Waals surface area contributed by atoms with Crippen LogP contribution in [0.5, 0.6) is 0 Å². The van der Waals surface area contributed by atoms with Crippen LogP contribution in [0.2, 0.25) is 0 Å². The van der Waals surface area contributed by atoms with Crippen molar-refractivity contribution in [2.24, 2.45) is 11.7 Å². The highest BCUT2D eigenvalue weighted by Crippen LogP contribution is 2.24. The Hall–Kier alpha value is -1.10. The lowest BCUT2D eigenvalue weighted by molar-refractivity contribution is 0.0669. The van der Waals surface area contributed by atoms with Crippen LogP contribution >= 0.6 is 28.3 Å². The minimum absolute atomic E-state index is 0. The SMILES string of the molecule is Cl.NCCC1CCCN(C(=O)c2ccc3cc(Br)ccc3c2)C1. The molecular weight excluding hydrogens is 376 g/mol. The van der Waals surface area contributed by atoms with Crippen molar-refractivity contribution in [1.82, 2.24) is 4.90 Å². The number of halogens is 2. The predicted octanol–water partition coefficient (Wildman–Crippen LogP) is 4.23. The van der Waals surface area contributed by atoms with Crippen LogP contribution in [-0.4, -0.2) is 30.4 Å². The second-order valence-electron chi connectivity index (χ2n) is 6.04. The van der Waals surface area contributed by atoms with E-state index in [0.29, 0.717) is 12.5 Å². The number of carbonyl (C=O) groups is 1. The van der Waals surface area contributed by atoms with Gasteiger partial charge in [-0.25, -0.2) is 0 Å². The second kappa shape index (κ2) is 8.13. The maximum atomic E-state index is 12.7. The monoisotopic (exact) mass is 396 g/mol. The molecule has 1 saturated heterocycles. The molecule has 1 atom stereocenters. The van der Waals surface area contributed by atoms with Crippen LogP contribution in [0.1, 0.15) is 29.6 Å². The topological polar surface area (TPSA) is 46.3 Å². The van der Waals surface area contributed by atoms with E-state index in [2.05, 4.69) is 22.0 Å². The van der Waals surface area contributed by atoms with Crippen molar-refractivity contribution in [2.75, 3.05) is 19.6 Å². The predicted molar refractivity (Wildman–Crippen MR) is 101 cm³/mol. The Balaban J connectivity index is 0.00000192. The van der Waals surface area contributed by atoms with E-state index in [1.165, 1.54) is 6.42 Å². The number of piperidine rings is 1. The van der Waals surface area contributed by atoms with Crippen LogP contribution in [0, 0.1) is 5.92 Å². The van der Waals surface area contributed by atoms with Crippen molar-refractivity contribution in [3.8, 4) is 0 Å². The van der Waals surface area contributed by atoms with Crippen LogP contribution in [0.25, 0.3) is 10.8 Å². The summed E-state index contributed by atoms with van der Waals surface area (Å²) in [4.78, 5) is 14.7. The van der Waals surface area contributed by atoms with Gasteiger partial charge in [-0.3, -0.25) is 4.79 Å². The van der Waals surface area contributed by atoms with E-state index in [4.69, 9.17) is 5.73 Å². The van der Waals surface area contributed by atoms with Gasteiger partial charge in [0.15, 0.2) is 0 Å². The molecule has 1 aliphatic heterocycles. The highest BCUT2D eigenvalue weighted by molar-refractivity contribution is 9.10. The molecule has 2 N–H and O–H groups in total. The zero-order valence-corrected chi connectivity index (χ0v) is 15.4. The maximum absolute atomic E-state index is 12.7. The molecule has 23 heavy (non-hydrogen) atoms. The summed E-state index contributed by atoms with van der Waals surface area (Å²) in [5.41, 5.74) is 6.44. The second-order valence-corrected chi connectivity index (χ2v) is 6.96. The number of hydrogen-bond donors (Lipinski definition) is 1. The highest BCUT2D eigenvalue weighted by Gasteiger charge is 2.24. The molecule has 1 fully saturated rings. The fourth-order valence-corrected chi connectivity index (χ4v) is 3.63. The van der Waals surface area contributed by atoms with Gasteiger partial charge in [0.1, 0.15) is 0 Å². The molecular formula is C18H22BrClN2O. The van der Waals surface area contributed by atoms with Crippen molar-refractivity contribution < 1.29 is 4.79 Å². The summed E-state index contributed by atoms with van der Waals surface area (Å²) in [5, 5.41) is 2.25. The summed E-state index contributed by atoms with van der Waals surface area (Å²) >= 11 is 3.48. The maximum Gasteiger partial charge on any atom is 0.253 e. The number of amides is 1. The highest BCUT2D eigenvalue weighted by atomic mass is 79.9. The van der Waals surface area contributed by atoms with E-state index in [1.807, 2.05) is 35.2 Å². The minimum atomic E-state index is 0. The van der Waals surface area contributed by atoms with Gasteiger partial charge in [0.2, 0.25) is 0 Å². The molecule has 1 unspecified atom stereocenters. The van der Waals surface area contributed by atoms with Gasteiger partial charge in [0, 0.05) is 23.1 Å². The van der Waals surface area contributed by atoms with Crippen LogP contribution in [0.15, 0.2) is 40.9 Å². The van der Waals surface area contributed by atoms with Crippen molar-refractivity contribution in [1.29, 1.82) is 0 Å². The molecule has 1 aliphatic rings. The van der Waals surface area contributed by atoms with E-state index in [0.717, 1.165) is 46.7 Å². The molecule has 0 aromatic heterocycles. The first kappa shape index (κ1) is 18.2. The number of nitrogens with zero attached hydrogens (tertiary/aromatic N) is 1. The Labute approximate surface area is 151 Å². The Bertz CT molecular complexity index is 690. The van der Waals surface area contributed by atoms with Gasteiger partial charge in [-0.05, 0) is 66.8 Å². The molecule has 3 nitrogen and oxygen atoms in total. The molecule has 3 rings (SSSR count). The number of likely N-dealkylation sites (tertiary alicyclic amines) is 1. The summed E-state index contributed by atoms with van der Waals surface area (Å²) < 4.78 is 1.06. The van der Waals surface area contributed by atoms with E-state index in [-0.39, 0.29) is 18.3 Å². The lowest BCUT2D eigenvalue weighted by Crippen LogP contribution is -2.40. The zero-order chi connectivity index (χ0) is 15.5. The van der Waals surface area contributed by atoms with Gasteiger partial charge in [-0.15, -0.1) is 12.4 Å². The average Bonchev–Trinajstić information content (AvgIpc) is 2.54. The van der Waals surface area contributed by atoms with E-state index < -0.39 is 0 Å². The molecule has 5 heteroatoms. The zero-order valence-electron chi connectivity index (χ0n) is 13.0. The van der Waals surface area contributed by atoms with Crippen molar-refractivity contribution in [3.05, 3.63) is 46.4 Å². The molecule has 0 aliphatic carbocycles. The third kappa shape index (κ3) is 4.25. The largest absolute Gasteiger partial charge is 0.338 e. The average molecular weight is 398 g/mol. The number of nitrogens with two attached hydrogens (primary N) is 1. The molecule has 0 radical (unpaired) electrons. The first-order chi connectivity index (χ1) is 10.7. The van der Waals surface area contributed by atoms with E-state index in [9.17, 15) is 4.79 Å². The lowest BCUT2D eigenvalue weighted by atomic mass is 9.94. The fourth-order valence-electron chi connectivity index (χ4n) is 3.25. The molecule has 0 bridgehead atoms. The molecule has 2 aromatic rings. The number of rotatable bonds is 3. The Morgan fingerprint density at radius 1 is 1.22 bits per heavy atom.